The summed E-state index contributed by atoms with van der Waals surface area (Å²) < 4.78 is 0. The van der Waals surface area contributed by atoms with Gasteiger partial charge in [-0.15, -0.1) is 0 Å². The Kier molecular flexibility index (Phi) is 15.0. The number of carbonyl (C=O) groups excluding carboxylic acids is 4. The first kappa shape index (κ1) is 30.6. The van der Waals surface area contributed by atoms with E-state index < -0.39 is 66.3 Å². The highest BCUT2D eigenvalue weighted by molar-refractivity contribution is 7.98. The van der Waals surface area contributed by atoms with E-state index in [1.165, 1.54) is 18.7 Å². The molecule has 0 saturated carbocycles. The van der Waals surface area contributed by atoms with Gasteiger partial charge in [-0.1, -0.05) is 0 Å². The number of primary amides is 1. The first-order valence-electron chi connectivity index (χ1n) is 10.5. The maximum Gasteiger partial charge on any atom is 0.326 e. The van der Waals surface area contributed by atoms with E-state index in [0.717, 1.165) is 0 Å². The number of thioether (sulfide) groups is 1. The van der Waals surface area contributed by atoms with Gasteiger partial charge in [-0.25, -0.2) is 4.79 Å². The molecule has 0 bridgehead atoms. The summed E-state index contributed by atoms with van der Waals surface area (Å²) in [5, 5.41) is 26.1. The van der Waals surface area contributed by atoms with Crippen molar-refractivity contribution >= 4 is 41.4 Å². The summed E-state index contributed by atoms with van der Waals surface area (Å²) in [5.74, 6) is -4.20. The molecule has 0 aliphatic carbocycles. The first-order chi connectivity index (χ1) is 15.4. The topological polar surface area (TPSA) is 240 Å². The fourth-order valence-electron chi connectivity index (χ4n) is 2.74. The van der Waals surface area contributed by atoms with Crippen molar-refractivity contribution in [3.05, 3.63) is 0 Å². The lowest BCUT2D eigenvalue weighted by atomic mass is 10.1. The number of aliphatic hydroxyl groups excluding tert-OH is 1. The second-order valence-corrected chi connectivity index (χ2v) is 8.52. The molecule has 14 heteroatoms. The van der Waals surface area contributed by atoms with Crippen LogP contribution in [0.15, 0.2) is 0 Å². The van der Waals surface area contributed by atoms with E-state index in [2.05, 4.69) is 16.0 Å². The molecule has 0 rings (SSSR count). The Morgan fingerprint density at radius 2 is 1.55 bits per heavy atom. The molecule has 0 radical (unpaired) electrons. The number of hydrogen-bond acceptors (Lipinski definition) is 9. The number of carbonyl (C=O) groups is 5. The number of amides is 4. The number of rotatable bonds is 17. The average molecular weight is 493 g/mol. The highest BCUT2D eigenvalue weighted by Crippen LogP contribution is 2.05. The summed E-state index contributed by atoms with van der Waals surface area (Å²) in [7, 11) is 0. The van der Waals surface area contributed by atoms with Crippen LogP contribution < -0.4 is 33.2 Å². The van der Waals surface area contributed by atoms with E-state index in [9.17, 15) is 34.2 Å². The minimum absolute atomic E-state index is 0.0931. The number of carboxylic acids is 1. The molecule has 0 fully saturated rings. The smallest absolute Gasteiger partial charge is 0.326 e. The lowest BCUT2D eigenvalue weighted by Crippen LogP contribution is -2.60. The van der Waals surface area contributed by atoms with Crippen LogP contribution in [0, 0.1) is 0 Å². The van der Waals surface area contributed by atoms with Crippen LogP contribution in [-0.4, -0.2) is 88.6 Å². The van der Waals surface area contributed by atoms with E-state index in [1.54, 1.807) is 0 Å². The van der Waals surface area contributed by atoms with Gasteiger partial charge in [0.1, 0.15) is 18.1 Å². The van der Waals surface area contributed by atoms with E-state index in [1.807, 2.05) is 6.26 Å². The van der Waals surface area contributed by atoms with Gasteiger partial charge in [0.25, 0.3) is 0 Å². The van der Waals surface area contributed by atoms with Gasteiger partial charge in [0, 0.05) is 0 Å². The van der Waals surface area contributed by atoms with Crippen molar-refractivity contribution in [3.8, 4) is 0 Å². The third-order valence-electron chi connectivity index (χ3n) is 4.63. The fraction of sp³-hybridized carbons (Fsp3) is 0.737. The molecule has 0 aromatic heterocycles. The molecule has 0 aromatic carbocycles. The molecule has 0 aliphatic heterocycles. The van der Waals surface area contributed by atoms with Gasteiger partial charge in [-0.2, -0.15) is 11.8 Å². The number of carboxylic acid groups (broad SMARTS) is 1. The average Bonchev–Trinajstić information content (AvgIpc) is 2.73. The number of nitrogens with two attached hydrogens (primary N) is 3. The van der Waals surface area contributed by atoms with Gasteiger partial charge in [-0.05, 0) is 51.2 Å². The summed E-state index contributed by atoms with van der Waals surface area (Å²) >= 11 is 1.48. The van der Waals surface area contributed by atoms with Gasteiger partial charge in [0.15, 0.2) is 0 Å². The maximum absolute atomic E-state index is 12.7. The van der Waals surface area contributed by atoms with Crippen molar-refractivity contribution in [2.75, 3.05) is 18.6 Å². The zero-order valence-electron chi connectivity index (χ0n) is 18.9. The molecule has 0 aromatic rings. The standard InChI is InChI=1S/C19H36N6O7S/c1-10(26)15(25-16(28)11(21)6-8-33-2)18(30)24-13(9-14(22)27)17(29)23-12(19(31)32)5-3-4-7-20/h10-13,15,26H,3-9,20-21H2,1-2H3,(H2,22,27)(H,23,29)(H,24,30)(H,25,28)(H,31,32). The normalized spacial score (nSPS) is 15.4. The van der Waals surface area contributed by atoms with Gasteiger partial charge >= 0.3 is 5.97 Å². The third kappa shape index (κ3) is 12.4. The van der Waals surface area contributed by atoms with Gasteiger partial charge in [0.2, 0.25) is 23.6 Å². The second kappa shape index (κ2) is 16.2. The Morgan fingerprint density at radius 1 is 0.939 bits per heavy atom. The highest BCUT2D eigenvalue weighted by atomic mass is 32.2. The molecule has 0 spiro atoms. The second-order valence-electron chi connectivity index (χ2n) is 7.53. The summed E-state index contributed by atoms with van der Waals surface area (Å²) in [6.45, 7) is 1.60. The van der Waals surface area contributed by atoms with Crippen molar-refractivity contribution in [1.29, 1.82) is 0 Å². The SMILES string of the molecule is CSCCC(N)C(=O)NC(C(=O)NC(CC(N)=O)C(=O)NC(CCCCN)C(=O)O)C(C)O. The van der Waals surface area contributed by atoms with Crippen LogP contribution in [0.3, 0.4) is 0 Å². The lowest BCUT2D eigenvalue weighted by molar-refractivity contribution is -0.142. The Labute approximate surface area is 196 Å². The first-order valence-corrected chi connectivity index (χ1v) is 11.9. The van der Waals surface area contributed by atoms with Crippen molar-refractivity contribution in [3.63, 3.8) is 0 Å². The quantitative estimate of drug-likeness (QED) is 0.0956. The van der Waals surface area contributed by atoms with E-state index in [0.29, 0.717) is 31.6 Å². The molecule has 0 saturated heterocycles. The van der Waals surface area contributed by atoms with Crippen LogP contribution in [0.4, 0.5) is 0 Å². The van der Waals surface area contributed by atoms with Crippen LogP contribution in [-0.2, 0) is 24.0 Å². The summed E-state index contributed by atoms with van der Waals surface area (Å²) in [6.07, 6.45) is 1.28. The molecule has 5 atom stereocenters. The lowest BCUT2D eigenvalue weighted by Gasteiger charge is -2.26. The molecule has 33 heavy (non-hydrogen) atoms. The van der Waals surface area contributed by atoms with Crippen molar-refractivity contribution in [2.24, 2.45) is 17.2 Å². The number of unbranched alkanes of at least 4 members (excludes halogenated alkanes) is 1. The Morgan fingerprint density at radius 3 is 2.03 bits per heavy atom. The molecule has 0 aliphatic rings. The molecular weight excluding hydrogens is 456 g/mol. The van der Waals surface area contributed by atoms with E-state index >= 15 is 0 Å². The minimum Gasteiger partial charge on any atom is -0.480 e. The molecular formula is C19H36N6O7S. The summed E-state index contributed by atoms with van der Waals surface area (Å²) in [6, 6.07) is -5.17. The van der Waals surface area contributed by atoms with Gasteiger partial charge in [-0.3, -0.25) is 19.2 Å². The highest BCUT2D eigenvalue weighted by Gasteiger charge is 2.33. The summed E-state index contributed by atoms with van der Waals surface area (Å²) in [4.78, 5) is 60.4. The maximum atomic E-state index is 12.7. The fourth-order valence-corrected chi connectivity index (χ4v) is 3.23. The van der Waals surface area contributed by atoms with Crippen molar-refractivity contribution < 1.29 is 34.2 Å². The van der Waals surface area contributed by atoms with Gasteiger partial charge in [0.05, 0.1) is 18.6 Å². The van der Waals surface area contributed by atoms with Crippen molar-refractivity contribution in [2.45, 2.75) is 69.3 Å². The molecule has 5 unspecified atom stereocenters. The molecule has 190 valence electrons. The molecule has 4 amide bonds. The van der Waals surface area contributed by atoms with E-state index in [-0.39, 0.29) is 6.42 Å². The van der Waals surface area contributed by atoms with Gasteiger partial charge < -0.3 is 43.4 Å². The Bertz CT molecular complexity index is 679. The number of aliphatic carboxylic acids is 1. The molecule has 11 N–H and O–H groups in total. The minimum atomic E-state index is -1.52. The third-order valence-corrected chi connectivity index (χ3v) is 5.28. The van der Waals surface area contributed by atoms with Crippen LogP contribution in [0.5, 0.6) is 0 Å². The zero-order chi connectivity index (χ0) is 25.6. The number of aliphatic hydroxyl groups is 1. The monoisotopic (exact) mass is 492 g/mol. The van der Waals surface area contributed by atoms with Crippen molar-refractivity contribution in [1.82, 2.24) is 16.0 Å². The number of hydrogen-bond donors (Lipinski definition) is 8. The van der Waals surface area contributed by atoms with Crippen LogP contribution in [0.25, 0.3) is 0 Å². The Hall–Kier alpha value is -2.42. The largest absolute Gasteiger partial charge is 0.480 e. The van der Waals surface area contributed by atoms with Crippen LogP contribution >= 0.6 is 11.8 Å². The zero-order valence-corrected chi connectivity index (χ0v) is 19.7. The van der Waals surface area contributed by atoms with Crippen LogP contribution in [0.2, 0.25) is 0 Å². The predicted molar refractivity (Wildman–Crippen MR) is 123 cm³/mol. The van der Waals surface area contributed by atoms with E-state index in [4.69, 9.17) is 17.2 Å². The predicted octanol–water partition coefficient (Wildman–Crippen LogP) is -3.01. The van der Waals surface area contributed by atoms with Crippen LogP contribution in [0.1, 0.15) is 39.0 Å². The Balaban J connectivity index is 5.35. The summed E-state index contributed by atoms with van der Waals surface area (Å²) in [5.41, 5.74) is 16.3. The molecule has 13 nitrogen and oxygen atoms in total. The molecule has 0 heterocycles. The number of nitrogens with one attached hydrogen (secondary N) is 3.